The average Bonchev–Trinajstić information content (AvgIpc) is 2.59. The minimum Gasteiger partial charge on any atom is -0.495 e. The van der Waals surface area contributed by atoms with Gasteiger partial charge in [0.15, 0.2) is 0 Å². The van der Waals surface area contributed by atoms with Crippen molar-refractivity contribution in [2.45, 2.75) is 19.9 Å². The van der Waals surface area contributed by atoms with Crippen molar-refractivity contribution in [3.8, 4) is 5.75 Å². The number of hydrogen-bond acceptors (Lipinski definition) is 4. The van der Waals surface area contributed by atoms with Crippen molar-refractivity contribution in [3.63, 3.8) is 0 Å². The van der Waals surface area contributed by atoms with Crippen molar-refractivity contribution in [2.24, 2.45) is 5.73 Å². The molecule has 0 unspecified atom stereocenters. The Morgan fingerprint density at radius 3 is 2.81 bits per heavy atom. The van der Waals surface area contributed by atoms with Crippen molar-refractivity contribution < 1.29 is 9.53 Å². The fourth-order valence-electron chi connectivity index (χ4n) is 1.15. The Balaban J connectivity index is 0.00000225. The monoisotopic (exact) mass is 264 g/mol. The van der Waals surface area contributed by atoms with Gasteiger partial charge in [0, 0.05) is 17.5 Å². The zero-order valence-corrected chi connectivity index (χ0v) is 11.2. The minimum absolute atomic E-state index is 0. The van der Waals surface area contributed by atoms with Crippen molar-refractivity contribution in [2.75, 3.05) is 13.7 Å². The van der Waals surface area contributed by atoms with Crippen molar-refractivity contribution in [1.29, 1.82) is 0 Å². The normalized spacial score (nSPS) is 11.5. The van der Waals surface area contributed by atoms with Gasteiger partial charge in [-0.05, 0) is 19.9 Å². The number of halogens is 1. The van der Waals surface area contributed by atoms with E-state index in [0.717, 1.165) is 4.88 Å². The van der Waals surface area contributed by atoms with Crippen LogP contribution in [0.1, 0.15) is 21.5 Å². The molecule has 0 aliphatic heterocycles. The number of rotatable bonds is 4. The number of methoxy groups -OCH3 is 1. The molecule has 0 saturated carbocycles. The molecule has 1 amide bonds. The second kappa shape index (κ2) is 6.73. The molecule has 1 heterocycles. The summed E-state index contributed by atoms with van der Waals surface area (Å²) in [6.45, 7) is 4.24. The van der Waals surface area contributed by atoms with Crippen LogP contribution in [0.5, 0.6) is 5.75 Å². The number of hydrogen-bond donors (Lipinski definition) is 2. The van der Waals surface area contributed by atoms with E-state index in [4.69, 9.17) is 10.5 Å². The highest BCUT2D eigenvalue weighted by molar-refractivity contribution is 7.14. The number of amides is 1. The zero-order chi connectivity index (χ0) is 11.4. The molecule has 6 heteroatoms. The molecule has 4 nitrogen and oxygen atoms in total. The molecule has 0 bridgehead atoms. The topological polar surface area (TPSA) is 64.3 Å². The van der Waals surface area contributed by atoms with E-state index in [1.54, 1.807) is 7.11 Å². The molecular weight excluding hydrogens is 248 g/mol. The number of thiophene rings is 1. The van der Waals surface area contributed by atoms with Crippen LogP contribution < -0.4 is 15.8 Å². The first-order chi connectivity index (χ1) is 7.08. The Labute approximate surface area is 106 Å². The van der Waals surface area contributed by atoms with E-state index in [9.17, 15) is 4.79 Å². The molecule has 16 heavy (non-hydrogen) atoms. The van der Waals surface area contributed by atoms with E-state index in [2.05, 4.69) is 5.32 Å². The average molecular weight is 265 g/mol. The van der Waals surface area contributed by atoms with Gasteiger partial charge in [0.1, 0.15) is 10.6 Å². The van der Waals surface area contributed by atoms with Gasteiger partial charge in [0.25, 0.3) is 5.91 Å². The second-order valence-electron chi connectivity index (χ2n) is 3.36. The second-order valence-corrected chi connectivity index (χ2v) is 4.62. The number of aryl methyl sites for hydroxylation is 1. The summed E-state index contributed by atoms with van der Waals surface area (Å²) in [4.78, 5) is 13.4. The summed E-state index contributed by atoms with van der Waals surface area (Å²) in [7, 11) is 1.56. The molecule has 1 atom stereocenters. The van der Waals surface area contributed by atoms with Gasteiger partial charge in [-0.1, -0.05) is 0 Å². The summed E-state index contributed by atoms with van der Waals surface area (Å²) in [6.07, 6.45) is 0. The van der Waals surface area contributed by atoms with Gasteiger partial charge in [0.05, 0.1) is 7.11 Å². The molecular formula is C10H17ClN2O2S. The lowest BCUT2D eigenvalue weighted by Crippen LogP contribution is -2.37. The first-order valence-electron chi connectivity index (χ1n) is 4.73. The van der Waals surface area contributed by atoms with Crippen molar-refractivity contribution >= 4 is 29.7 Å². The summed E-state index contributed by atoms with van der Waals surface area (Å²) >= 11 is 1.42. The molecule has 0 fully saturated rings. The SMILES string of the molecule is COc1cc(C)sc1C(=O)N[C@H](C)CN.Cl. The molecule has 1 aromatic heterocycles. The van der Waals surface area contributed by atoms with E-state index < -0.39 is 0 Å². The van der Waals surface area contributed by atoms with E-state index in [1.807, 2.05) is 19.9 Å². The maximum absolute atomic E-state index is 11.8. The van der Waals surface area contributed by atoms with Crippen LogP contribution >= 0.6 is 23.7 Å². The fourth-order valence-corrected chi connectivity index (χ4v) is 2.03. The van der Waals surface area contributed by atoms with E-state index in [1.165, 1.54) is 11.3 Å². The summed E-state index contributed by atoms with van der Waals surface area (Å²) in [5.74, 6) is 0.502. The van der Waals surface area contributed by atoms with Crippen LogP contribution in [0.4, 0.5) is 0 Å². The number of carbonyl (C=O) groups is 1. The predicted molar refractivity (Wildman–Crippen MR) is 68.8 cm³/mol. The Morgan fingerprint density at radius 2 is 2.31 bits per heavy atom. The highest BCUT2D eigenvalue weighted by atomic mass is 35.5. The minimum atomic E-state index is -0.122. The smallest absolute Gasteiger partial charge is 0.265 e. The fraction of sp³-hybridized carbons (Fsp3) is 0.500. The van der Waals surface area contributed by atoms with E-state index in [-0.39, 0.29) is 24.4 Å². The van der Waals surface area contributed by atoms with Crippen LogP contribution in [-0.4, -0.2) is 25.6 Å². The van der Waals surface area contributed by atoms with Crippen LogP contribution in [-0.2, 0) is 0 Å². The van der Waals surface area contributed by atoms with Gasteiger partial charge in [-0.25, -0.2) is 0 Å². The van der Waals surface area contributed by atoms with Crippen molar-refractivity contribution in [3.05, 3.63) is 15.8 Å². The molecule has 3 N–H and O–H groups in total. The highest BCUT2D eigenvalue weighted by Crippen LogP contribution is 2.28. The van der Waals surface area contributed by atoms with E-state index in [0.29, 0.717) is 17.2 Å². The largest absolute Gasteiger partial charge is 0.495 e. The molecule has 1 aromatic rings. The number of ether oxygens (including phenoxy) is 1. The third kappa shape index (κ3) is 3.66. The zero-order valence-electron chi connectivity index (χ0n) is 9.57. The highest BCUT2D eigenvalue weighted by Gasteiger charge is 2.16. The lowest BCUT2D eigenvalue weighted by atomic mass is 10.3. The first-order valence-corrected chi connectivity index (χ1v) is 5.55. The van der Waals surface area contributed by atoms with Gasteiger partial charge in [-0.15, -0.1) is 23.7 Å². The van der Waals surface area contributed by atoms with Gasteiger partial charge < -0.3 is 15.8 Å². The summed E-state index contributed by atoms with van der Waals surface area (Å²) < 4.78 is 5.12. The molecule has 0 aliphatic carbocycles. The van der Waals surface area contributed by atoms with Crippen LogP contribution in [0.15, 0.2) is 6.07 Å². The molecule has 0 spiro atoms. The molecule has 0 radical (unpaired) electrons. The maximum atomic E-state index is 11.8. The lowest BCUT2D eigenvalue weighted by molar-refractivity contribution is 0.0942. The summed E-state index contributed by atoms with van der Waals surface area (Å²) in [6, 6.07) is 1.83. The number of nitrogens with one attached hydrogen (secondary N) is 1. The number of carbonyl (C=O) groups excluding carboxylic acids is 1. The van der Waals surface area contributed by atoms with Crippen molar-refractivity contribution in [1.82, 2.24) is 5.32 Å². The van der Waals surface area contributed by atoms with Crippen LogP contribution in [0, 0.1) is 6.92 Å². The van der Waals surface area contributed by atoms with Gasteiger partial charge in [0.2, 0.25) is 0 Å². The molecule has 0 aliphatic rings. The molecule has 0 aromatic carbocycles. The van der Waals surface area contributed by atoms with Crippen LogP contribution in [0.2, 0.25) is 0 Å². The Kier molecular flexibility index (Phi) is 6.40. The lowest BCUT2D eigenvalue weighted by Gasteiger charge is -2.10. The first kappa shape index (κ1) is 15.2. The Morgan fingerprint density at radius 1 is 1.69 bits per heavy atom. The predicted octanol–water partition coefficient (Wildman–Crippen LogP) is 1.56. The third-order valence-corrected chi connectivity index (χ3v) is 3.01. The van der Waals surface area contributed by atoms with Gasteiger partial charge >= 0.3 is 0 Å². The Hall–Kier alpha value is -0.780. The van der Waals surface area contributed by atoms with Gasteiger partial charge in [-0.3, -0.25) is 4.79 Å². The molecule has 0 saturated heterocycles. The summed E-state index contributed by atoms with van der Waals surface area (Å²) in [5.41, 5.74) is 5.43. The Bertz CT molecular complexity index is 355. The number of nitrogens with two attached hydrogens (primary N) is 1. The third-order valence-electron chi connectivity index (χ3n) is 1.98. The maximum Gasteiger partial charge on any atom is 0.265 e. The molecule has 1 rings (SSSR count). The quantitative estimate of drug-likeness (QED) is 0.868. The summed E-state index contributed by atoms with van der Waals surface area (Å²) in [5, 5.41) is 2.80. The van der Waals surface area contributed by atoms with Crippen LogP contribution in [0.3, 0.4) is 0 Å². The van der Waals surface area contributed by atoms with E-state index >= 15 is 0 Å². The molecule has 92 valence electrons. The standard InChI is InChI=1S/C10H16N2O2S.ClH/c1-6(5-11)12-10(13)9-8(14-3)4-7(2)15-9;/h4,6H,5,11H2,1-3H3,(H,12,13);1H/t6-;/m1./s1. The van der Waals surface area contributed by atoms with Gasteiger partial charge in [-0.2, -0.15) is 0 Å². The van der Waals surface area contributed by atoms with Crippen LogP contribution in [0.25, 0.3) is 0 Å².